The third kappa shape index (κ3) is 8.13. The molecule has 1 heterocycles. The van der Waals surface area contributed by atoms with Crippen molar-refractivity contribution in [3.05, 3.63) is 54.1 Å². The molecule has 2 aromatic carbocycles. The summed E-state index contributed by atoms with van der Waals surface area (Å²) in [5.74, 6) is 1.37. The van der Waals surface area contributed by atoms with Crippen LogP contribution in [0.2, 0.25) is 0 Å². The summed E-state index contributed by atoms with van der Waals surface area (Å²) >= 11 is 0. The highest BCUT2D eigenvalue weighted by Gasteiger charge is 2.31. The molecular formula is C27H38N4O4S. The van der Waals surface area contributed by atoms with Gasteiger partial charge in [-0.3, -0.25) is 9.62 Å². The molecule has 4 rings (SSSR count). The molecule has 2 aliphatic rings. The van der Waals surface area contributed by atoms with Crippen LogP contribution in [0.15, 0.2) is 48.5 Å². The number of benzene rings is 2. The van der Waals surface area contributed by atoms with Gasteiger partial charge in [0.1, 0.15) is 11.5 Å². The Morgan fingerprint density at radius 2 is 1.61 bits per heavy atom. The van der Waals surface area contributed by atoms with Gasteiger partial charge in [-0.25, -0.2) is 13.2 Å². The average molecular weight is 515 g/mol. The number of nitrogens with zero attached hydrogens (tertiary/aromatic N) is 2. The highest BCUT2D eigenvalue weighted by molar-refractivity contribution is 7.92. The predicted molar refractivity (Wildman–Crippen MR) is 143 cm³/mol. The van der Waals surface area contributed by atoms with E-state index in [0.29, 0.717) is 23.5 Å². The van der Waals surface area contributed by atoms with Crippen LogP contribution in [0.1, 0.15) is 51.0 Å². The van der Waals surface area contributed by atoms with Crippen LogP contribution in [0.3, 0.4) is 0 Å². The van der Waals surface area contributed by atoms with Crippen molar-refractivity contribution in [3.8, 4) is 11.5 Å². The van der Waals surface area contributed by atoms with E-state index in [1.54, 1.807) is 24.3 Å². The van der Waals surface area contributed by atoms with Crippen molar-refractivity contribution in [2.45, 2.75) is 64.1 Å². The normalized spacial score (nSPS) is 16.9. The number of carbonyl (C=O) groups excluding carboxylic acids is 1. The summed E-state index contributed by atoms with van der Waals surface area (Å²) in [5, 5.41) is 3.18. The van der Waals surface area contributed by atoms with Gasteiger partial charge in [-0.1, -0.05) is 25.5 Å². The van der Waals surface area contributed by atoms with Crippen molar-refractivity contribution in [2.24, 2.45) is 0 Å². The molecule has 196 valence electrons. The summed E-state index contributed by atoms with van der Waals surface area (Å²) in [5.41, 5.74) is 1.73. The predicted octanol–water partition coefficient (Wildman–Crippen LogP) is 4.79. The fourth-order valence-corrected chi connectivity index (χ4v) is 5.08. The number of amides is 2. The number of ether oxygens (including phenoxy) is 1. The lowest BCUT2D eigenvalue weighted by Gasteiger charge is -2.38. The zero-order chi connectivity index (χ0) is 25.5. The van der Waals surface area contributed by atoms with Gasteiger partial charge in [0.15, 0.2) is 0 Å². The van der Waals surface area contributed by atoms with Crippen molar-refractivity contribution >= 4 is 21.7 Å². The van der Waals surface area contributed by atoms with Crippen LogP contribution in [-0.4, -0.2) is 62.2 Å². The number of likely N-dealkylation sites (tertiary alicyclic amines) is 1. The number of piperidine rings is 1. The molecule has 36 heavy (non-hydrogen) atoms. The minimum atomic E-state index is -3.30. The van der Waals surface area contributed by atoms with Crippen LogP contribution < -0.4 is 14.8 Å². The third-order valence-electron chi connectivity index (χ3n) is 6.64. The van der Waals surface area contributed by atoms with Crippen molar-refractivity contribution in [1.29, 1.82) is 0 Å². The lowest BCUT2D eigenvalue weighted by atomic mass is 10.0. The number of anilines is 1. The molecule has 1 aliphatic carbocycles. The first kappa shape index (κ1) is 26.3. The SMILES string of the molecule is CCCCN(C(=O)NC1CC1)C1CCN(Cc2ccc(Oc3ccc(NS(C)(=O)=O)cc3)cc2)CC1. The first-order chi connectivity index (χ1) is 17.3. The summed E-state index contributed by atoms with van der Waals surface area (Å²) in [6.45, 7) is 5.86. The average Bonchev–Trinajstić information content (AvgIpc) is 3.66. The molecule has 0 aromatic heterocycles. The molecule has 8 nitrogen and oxygen atoms in total. The van der Waals surface area contributed by atoms with E-state index in [2.05, 4.69) is 38.9 Å². The fraction of sp³-hybridized carbons (Fsp3) is 0.519. The molecule has 1 saturated heterocycles. The molecule has 9 heteroatoms. The zero-order valence-corrected chi connectivity index (χ0v) is 22.1. The molecular weight excluding hydrogens is 476 g/mol. The van der Waals surface area contributed by atoms with Crippen LogP contribution in [0.25, 0.3) is 0 Å². The first-order valence-corrected chi connectivity index (χ1v) is 14.8. The van der Waals surface area contributed by atoms with Crippen molar-refractivity contribution in [3.63, 3.8) is 0 Å². The van der Waals surface area contributed by atoms with Gasteiger partial charge in [0.25, 0.3) is 0 Å². The van der Waals surface area contributed by atoms with Crippen LogP contribution >= 0.6 is 0 Å². The maximum atomic E-state index is 12.8. The van der Waals surface area contributed by atoms with Gasteiger partial charge in [-0.2, -0.15) is 0 Å². The molecule has 1 aliphatic heterocycles. The molecule has 0 radical (unpaired) electrons. The minimum absolute atomic E-state index is 0.126. The smallest absolute Gasteiger partial charge is 0.317 e. The van der Waals surface area contributed by atoms with Crippen molar-refractivity contribution in [2.75, 3.05) is 30.6 Å². The quantitative estimate of drug-likeness (QED) is 0.450. The maximum Gasteiger partial charge on any atom is 0.317 e. The Bertz CT molecular complexity index is 1090. The van der Waals surface area contributed by atoms with Crippen molar-refractivity contribution < 1.29 is 17.9 Å². The molecule has 0 spiro atoms. The Morgan fingerprint density at radius 1 is 1.00 bits per heavy atom. The number of carbonyl (C=O) groups is 1. The summed E-state index contributed by atoms with van der Waals surface area (Å²) in [7, 11) is -3.30. The summed E-state index contributed by atoms with van der Waals surface area (Å²) < 4.78 is 31.0. The van der Waals surface area contributed by atoms with Gasteiger partial charge in [0.05, 0.1) is 6.26 Å². The first-order valence-electron chi connectivity index (χ1n) is 12.9. The van der Waals surface area contributed by atoms with Crippen LogP contribution in [0, 0.1) is 0 Å². The third-order valence-corrected chi connectivity index (χ3v) is 7.25. The fourth-order valence-electron chi connectivity index (χ4n) is 4.52. The van der Waals surface area contributed by atoms with Gasteiger partial charge in [0.2, 0.25) is 10.0 Å². The number of urea groups is 1. The largest absolute Gasteiger partial charge is 0.457 e. The molecule has 2 N–H and O–H groups in total. The lowest BCUT2D eigenvalue weighted by Crippen LogP contribution is -2.51. The number of sulfonamides is 1. The van der Waals surface area contributed by atoms with Gasteiger partial charge >= 0.3 is 6.03 Å². The van der Waals surface area contributed by atoms with Gasteiger partial charge in [0, 0.05) is 44.0 Å². The Balaban J connectivity index is 1.25. The highest BCUT2D eigenvalue weighted by Crippen LogP contribution is 2.25. The van der Waals surface area contributed by atoms with Crippen LogP contribution in [0.5, 0.6) is 11.5 Å². The minimum Gasteiger partial charge on any atom is -0.457 e. The second-order valence-corrected chi connectivity index (χ2v) is 11.7. The van der Waals surface area contributed by atoms with Gasteiger partial charge in [-0.05, 0) is 74.1 Å². The van der Waals surface area contributed by atoms with E-state index < -0.39 is 10.0 Å². The van der Waals surface area contributed by atoms with E-state index in [4.69, 9.17) is 4.74 Å². The van der Waals surface area contributed by atoms with E-state index in [1.807, 2.05) is 12.1 Å². The second-order valence-electron chi connectivity index (χ2n) is 9.92. The molecule has 0 atom stereocenters. The number of nitrogens with one attached hydrogen (secondary N) is 2. The van der Waals surface area contributed by atoms with E-state index in [1.165, 1.54) is 5.56 Å². The Kier molecular flexibility index (Phi) is 8.74. The maximum absolute atomic E-state index is 12.8. The standard InChI is InChI=1S/C27H38N4O4S/c1-3-4-17-31(27(32)28-22-7-8-22)24-15-18-30(19-16-24)20-21-5-11-25(12-6-21)35-26-13-9-23(10-14-26)29-36(2,33)34/h5-6,9-14,22,24,29H,3-4,7-8,15-20H2,1-2H3,(H,28,32). The number of rotatable bonds is 11. The Labute approximate surface area is 215 Å². The summed E-state index contributed by atoms with van der Waals surface area (Å²) in [4.78, 5) is 17.3. The molecule has 2 aromatic rings. The molecule has 0 unspecified atom stereocenters. The van der Waals surface area contributed by atoms with Gasteiger partial charge < -0.3 is 15.0 Å². The lowest BCUT2D eigenvalue weighted by molar-refractivity contribution is 0.116. The Morgan fingerprint density at radius 3 is 2.17 bits per heavy atom. The number of unbranched alkanes of at least 4 members (excludes halogenated alkanes) is 1. The molecule has 2 fully saturated rings. The van der Waals surface area contributed by atoms with E-state index in [0.717, 1.165) is 76.7 Å². The molecule has 0 bridgehead atoms. The van der Waals surface area contributed by atoms with E-state index in [-0.39, 0.29) is 6.03 Å². The summed E-state index contributed by atoms with van der Waals surface area (Å²) in [6.07, 6.45) is 7.51. The van der Waals surface area contributed by atoms with E-state index in [9.17, 15) is 13.2 Å². The highest BCUT2D eigenvalue weighted by atomic mass is 32.2. The number of hydrogen-bond donors (Lipinski definition) is 2. The Hall–Kier alpha value is -2.78. The second kappa shape index (κ2) is 12.0. The van der Waals surface area contributed by atoms with Crippen molar-refractivity contribution in [1.82, 2.24) is 15.1 Å². The topological polar surface area (TPSA) is 91.0 Å². The summed E-state index contributed by atoms with van der Waals surface area (Å²) in [6, 6.07) is 15.7. The van der Waals surface area contributed by atoms with E-state index >= 15 is 0 Å². The number of hydrogen-bond acceptors (Lipinski definition) is 5. The van der Waals surface area contributed by atoms with Crippen LogP contribution in [-0.2, 0) is 16.6 Å². The van der Waals surface area contributed by atoms with Gasteiger partial charge in [-0.15, -0.1) is 0 Å². The monoisotopic (exact) mass is 514 g/mol. The van der Waals surface area contributed by atoms with Crippen LogP contribution in [0.4, 0.5) is 10.5 Å². The molecule has 2 amide bonds. The zero-order valence-electron chi connectivity index (χ0n) is 21.3. The molecule has 1 saturated carbocycles.